The van der Waals surface area contributed by atoms with E-state index in [2.05, 4.69) is 39.1 Å². The maximum absolute atomic E-state index is 4.54. The zero-order valence-corrected chi connectivity index (χ0v) is 10.7. The number of anilines is 2. The van der Waals surface area contributed by atoms with Crippen molar-refractivity contribution >= 4 is 11.8 Å². The van der Waals surface area contributed by atoms with E-state index < -0.39 is 0 Å². The monoisotopic (exact) mass is 235 g/mol. The van der Waals surface area contributed by atoms with Crippen molar-refractivity contribution in [1.29, 1.82) is 0 Å². The quantitative estimate of drug-likeness (QED) is 0.848. The van der Waals surface area contributed by atoms with Crippen LogP contribution in [0.1, 0.15) is 13.3 Å². The van der Waals surface area contributed by atoms with Crippen molar-refractivity contribution in [2.24, 2.45) is 0 Å². The van der Waals surface area contributed by atoms with Crippen molar-refractivity contribution in [1.82, 2.24) is 14.9 Å². The van der Waals surface area contributed by atoms with Crippen LogP contribution in [0.4, 0.5) is 11.8 Å². The van der Waals surface area contributed by atoms with Crippen LogP contribution in [0.25, 0.3) is 0 Å². The zero-order valence-electron chi connectivity index (χ0n) is 10.7. The van der Waals surface area contributed by atoms with Gasteiger partial charge in [-0.25, -0.2) is 4.98 Å². The molecule has 0 saturated carbocycles. The molecule has 0 radical (unpaired) electrons. The molecule has 0 aliphatic carbocycles. The van der Waals surface area contributed by atoms with E-state index in [1.807, 2.05) is 12.3 Å². The van der Waals surface area contributed by atoms with Crippen LogP contribution in [0.2, 0.25) is 0 Å². The lowest BCUT2D eigenvalue weighted by molar-refractivity contribution is 0.360. The lowest BCUT2D eigenvalue weighted by Crippen LogP contribution is -2.29. The topological polar surface area (TPSA) is 44.3 Å². The molecule has 2 rings (SSSR count). The number of hydrogen-bond acceptors (Lipinski definition) is 5. The van der Waals surface area contributed by atoms with Crippen molar-refractivity contribution in [3.63, 3.8) is 0 Å². The Kier molecular flexibility index (Phi) is 4.14. The molecule has 1 aromatic rings. The van der Waals surface area contributed by atoms with Crippen LogP contribution in [-0.2, 0) is 0 Å². The van der Waals surface area contributed by atoms with E-state index in [9.17, 15) is 0 Å². The normalized spacial score (nSPS) is 17.9. The molecule has 5 nitrogen and oxygen atoms in total. The third kappa shape index (κ3) is 3.30. The molecule has 1 aromatic heterocycles. The molecule has 1 N–H and O–H groups in total. The third-order valence-electron chi connectivity index (χ3n) is 3.02. The van der Waals surface area contributed by atoms with Crippen LogP contribution in [0.3, 0.4) is 0 Å². The van der Waals surface area contributed by atoms with Gasteiger partial charge in [0.15, 0.2) is 0 Å². The summed E-state index contributed by atoms with van der Waals surface area (Å²) in [6, 6.07) is 1.99. The first-order valence-corrected chi connectivity index (χ1v) is 6.30. The highest BCUT2D eigenvalue weighted by molar-refractivity contribution is 5.42. The molecule has 0 bridgehead atoms. The predicted octanol–water partition coefficient (Wildman–Crippen LogP) is 1.05. The van der Waals surface area contributed by atoms with Gasteiger partial charge in [0.1, 0.15) is 5.82 Å². The number of hydrogen-bond donors (Lipinski definition) is 1. The molecule has 94 valence electrons. The average Bonchev–Trinajstić information content (AvgIpc) is 2.55. The van der Waals surface area contributed by atoms with Gasteiger partial charge in [0.2, 0.25) is 5.95 Å². The van der Waals surface area contributed by atoms with Gasteiger partial charge in [-0.15, -0.1) is 0 Å². The van der Waals surface area contributed by atoms with Crippen LogP contribution in [0.15, 0.2) is 12.3 Å². The lowest BCUT2D eigenvalue weighted by atomic mass is 10.4. The molecule has 1 aliphatic rings. The number of rotatable bonds is 3. The fourth-order valence-corrected chi connectivity index (χ4v) is 2.04. The van der Waals surface area contributed by atoms with Crippen LogP contribution >= 0.6 is 0 Å². The van der Waals surface area contributed by atoms with Crippen molar-refractivity contribution < 1.29 is 0 Å². The lowest BCUT2D eigenvalue weighted by Gasteiger charge is -2.21. The number of likely N-dealkylation sites (N-methyl/N-ethyl adjacent to an activating group) is 1. The van der Waals surface area contributed by atoms with E-state index in [0.29, 0.717) is 0 Å². The van der Waals surface area contributed by atoms with E-state index in [1.54, 1.807) is 0 Å². The Labute approximate surface area is 103 Å². The van der Waals surface area contributed by atoms with Gasteiger partial charge >= 0.3 is 0 Å². The maximum Gasteiger partial charge on any atom is 0.224 e. The van der Waals surface area contributed by atoms with Gasteiger partial charge in [0.05, 0.1) is 0 Å². The van der Waals surface area contributed by atoms with Gasteiger partial charge in [-0.1, -0.05) is 0 Å². The van der Waals surface area contributed by atoms with Gasteiger partial charge < -0.3 is 15.1 Å². The minimum atomic E-state index is 0.725. The molecule has 1 aliphatic heterocycles. The summed E-state index contributed by atoms with van der Waals surface area (Å²) in [6.07, 6.45) is 3.02. The Balaban J connectivity index is 2.07. The first kappa shape index (κ1) is 12.1. The molecule has 1 saturated heterocycles. The Morgan fingerprint density at radius 2 is 2.18 bits per heavy atom. The Bertz CT molecular complexity index is 355. The summed E-state index contributed by atoms with van der Waals surface area (Å²) >= 11 is 0. The van der Waals surface area contributed by atoms with Crippen LogP contribution < -0.4 is 10.2 Å². The summed E-state index contributed by atoms with van der Waals surface area (Å²) in [5, 5.41) is 3.15. The summed E-state index contributed by atoms with van der Waals surface area (Å²) in [4.78, 5) is 13.4. The molecule has 2 heterocycles. The predicted molar refractivity (Wildman–Crippen MR) is 70.5 cm³/mol. The largest absolute Gasteiger partial charge is 0.355 e. The smallest absolute Gasteiger partial charge is 0.224 e. The van der Waals surface area contributed by atoms with E-state index in [4.69, 9.17) is 0 Å². The highest BCUT2D eigenvalue weighted by Gasteiger charge is 2.13. The fourth-order valence-electron chi connectivity index (χ4n) is 2.04. The Hall–Kier alpha value is -1.36. The second-order valence-corrected chi connectivity index (χ2v) is 4.41. The minimum Gasteiger partial charge on any atom is -0.355 e. The summed E-state index contributed by atoms with van der Waals surface area (Å²) in [5.74, 6) is 1.76. The number of nitrogens with zero attached hydrogens (tertiary/aromatic N) is 4. The highest BCUT2D eigenvalue weighted by atomic mass is 15.3. The Morgan fingerprint density at radius 3 is 3.00 bits per heavy atom. The Morgan fingerprint density at radius 1 is 1.29 bits per heavy atom. The third-order valence-corrected chi connectivity index (χ3v) is 3.02. The molecule has 0 aromatic carbocycles. The molecule has 0 atom stereocenters. The molecule has 17 heavy (non-hydrogen) atoms. The van der Waals surface area contributed by atoms with Gasteiger partial charge in [-0.2, -0.15) is 4.98 Å². The number of aromatic nitrogens is 2. The number of nitrogens with one attached hydrogen (secondary N) is 1. The van der Waals surface area contributed by atoms with Gasteiger partial charge in [0, 0.05) is 32.4 Å². The standard InChI is InChI=1S/C12H21N5/c1-3-13-12-14-6-5-11(15-12)17-8-4-7-16(2)9-10-17/h5-6H,3-4,7-10H2,1-2H3,(H,13,14,15). The fraction of sp³-hybridized carbons (Fsp3) is 0.667. The molecule has 0 amide bonds. The van der Waals surface area contributed by atoms with Crippen LogP contribution in [0, 0.1) is 0 Å². The van der Waals surface area contributed by atoms with E-state index in [1.165, 1.54) is 13.0 Å². The maximum atomic E-state index is 4.54. The second-order valence-electron chi connectivity index (χ2n) is 4.41. The molecule has 1 fully saturated rings. The SMILES string of the molecule is CCNc1nccc(N2CCCN(C)CC2)n1. The molecule has 0 unspecified atom stereocenters. The van der Waals surface area contributed by atoms with Crippen molar-refractivity contribution in [3.05, 3.63) is 12.3 Å². The molecular weight excluding hydrogens is 214 g/mol. The average molecular weight is 235 g/mol. The van der Waals surface area contributed by atoms with E-state index >= 15 is 0 Å². The zero-order chi connectivity index (χ0) is 12.1. The van der Waals surface area contributed by atoms with Crippen LogP contribution in [-0.4, -0.2) is 54.6 Å². The second kappa shape index (κ2) is 5.82. The summed E-state index contributed by atoms with van der Waals surface area (Å²) in [5.41, 5.74) is 0. The highest BCUT2D eigenvalue weighted by Crippen LogP contribution is 2.14. The van der Waals surface area contributed by atoms with Gasteiger partial charge in [0.25, 0.3) is 0 Å². The summed E-state index contributed by atoms with van der Waals surface area (Å²) in [6.45, 7) is 7.29. The summed E-state index contributed by atoms with van der Waals surface area (Å²) in [7, 11) is 2.17. The van der Waals surface area contributed by atoms with Crippen molar-refractivity contribution in [2.75, 3.05) is 50.0 Å². The van der Waals surface area contributed by atoms with Crippen LogP contribution in [0.5, 0.6) is 0 Å². The van der Waals surface area contributed by atoms with Crippen molar-refractivity contribution in [2.45, 2.75) is 13.3 Å². The molecule has 5 heteroatoms. The van der Waals surface area contributed by atoms with Gasteiger partial charge in [-0.05, 0) is 33.0 Å². The van der Waals surface area contributed by atoms with Crippen molar-refractivity contribution in [3.8, 4) is 0 Å². The molecule has 0 spiro atoms. The first-order chi connectivity index (χ1) is 8.29. The summed E-state index contributed by atoms with van der Waals surface area (Å²) < 4.78 is 0. The van der Waals surface area contributed by atoms with E-state index in [0.717, 1.165) is 37.9 Å². The minimum absolute atomic E-state index is 0.725. The van der Waals surface area contributed by atoms with Gasteiger partial charge in [-0.3, -0.25) is 0 Å². The van der Waals surface area contributed by atoms with E-state index in [-0.39, 0.29) is 0 Å². The first-order valence-electron chi connectivity index (χ1n) is 6.30. The molecular formula is C12H21N5.